The van der Waals surface area contributed by atoms with Gasteiger partial charge in [0, 0.05) is 26.2 Å². The van der Waals surface area contributed by atoms with E-state index < -0.39 is 0 Å². The molecule has 1 aliphatic heterocycles. The summed E-state index contributed by atoms with van der Waals surface area (Å²) in [5, 5.41) is 16.2. The summed E-state index contributed by atoms with van der Waals surface area (Å²) in [5.74, 6) is 1.67. The molecule has 0 aromatic heterocycles. The first-order valence-corrected chi connectivity index (χ1v) is 10.7. The highest BCUT2D eigenvalue weighted by molar-refractivity contribution is 9.10. The third kappa shape index (κ3) is 8.49. The van der Waals surface area contributed by atoms with Crippen LogP contribution in [0.5, 0.6) is 5.75 Å². The van der Waals surface area contributed by atoms with Crippen LogP contribution in [-0.2, 0) is 0 Å². The summed E-state index contributed by atoms with van der Waals surface area (Å²) in [6, 6.07) is 7.86. The van der Waals surface area contributed by atoms with Crippen molar-refractivity contribution in [2.45, 2.75) is 45.3 Å². The van der Waals surface area contributed by atoms with Gasteiger partial charge in [-0.1, -0.05) is 12.1 Å². The number of nitrogens with one attached hydrogen (secondary N) is 2. The number of guanidine groups is 1. The maximum Gasteiger partial charge on any atom is 0.191 e. The molecule has 6 nitrogen and oxygen atoms in total. The van der Waals surface area contributed by atoms with E-state index in [1.807, 2.05) is 31.2 Å². The number of hydrogen-bond donors (Lipinski definition) is 3. The number of nitrogens with zero attached hydrogens (tertiary/aromatic N) is 2. The summed E-state index contributed by atoms with van der Waals surface area (Å²) >= 11 is 3.50. The zero-order valence-corrected chi connectivity index (χ0v) is 18.0. The van der Waals surface area contributed by atoms with Crippen molar-refractivity contribution in [1.29, 1.82) is 0 Å². The molecule has 1 atom stereocenters. The highest BCUT2D eigenvalue weighted by Gasteiger charge is 2.16. The van der Waals surface area contributed by atoms with Gasteiger partial charge in [-0.25, -0.2) is 4.99 Å². The van der Waals surface area contributed by atoms with Gasteiger partial charge in [-0.3, -0.25) is 0 Å². The van der Waals surface area contributed by atoms with Crippen molar-refractivity contribution in [3.8, 4) is 5.75 Å². The number of aliphatic hydroxyl groups is 1. The van der Waals surface area contributed by atoms with Crippen molar-refractivity contribution in [2.75, 3.05) is 39.3 Å². The van der Waals surface area contributed by atoms with E-state index in [9.17, 15) is 5.11 Å². The number of aliphatic imine (C=N–C) groups is 1. The van der Waals surface area contributed by atoms with Crippen molar-refractivity contribution in [3.05, 3.63) is 28.7 Å². The molecule has 0 spiro atoms. The second-order valence-electron chi connectivity index (χ2n) is 6.93. The van der Waals surface area contributed by atoms with Crippen LogP contribution < -0.4 is 15.4 Å². The van der Waals surface area contributed by atoms with E-state index in [1.54, 1.807) is 0 Å². The molecule has 0 amide bonds. The quantitative estimate of drug-likeness (QED) is 0.312. The molecule has 7 heteroatoms. The summed E-state index contributed by atoms with van der Waals surface area (Å²) in [5.41, 5.74) is 0. The first kappa shape index (κ1) is 22.0. The molecule has 1 aliphatic rings. The maximum absolute atomic E-state index is 9.57. The van der Waals surface area contributed by atoms with Gasteiger partial charge in [0.1, 0.15) is 11.9 Å². The van der Waals surface area contributed by atoms with Crippen LogP contribution in [0.15, 0.2) is 33.7 Å². The fourth-order valence-electron chi connectivity index (χ4n) is 3.01. The molecule has 1 aromatic rings. The number of ether oxygens (including phenoxy) is 1. The average molecular weight is 441 g/mol. The summed E-state index contributed by atoms with van der Waals surface area (Å²) in [6.45, 7) is 9.44. The van der Waals surface area contributed by atoms with Crippen LogP contribution in [0.25, 0.3) is 0 Å². The molecule has 27 heavy (non-hydrogen) atoms. The van der Waals surface area contributed by atoms with Crippen LogP contribution in [0.3, 0.4) is 0 Å². The molecule has 0 saturated carbocycles. The second kappa shape index (κ2) is 12.2. The SMILES string of the molecule is CCNC(=NCC(C)Oc1ccccc1Br)NCCCN1CCC(O)CC1. The Labute approximate surface area is 171 Å². The van der Waals surface area contributed by atoms with Gasteiger partial charge in [-0.2, -0.15) is 0 Å². The highest BCUT2D eigenvalue weighted by Crippen LogP contribution is 2.24. The lowest BCUT2D eigenvalue weighted by Crippen LogP contribution is -2.40. The molecular formula is C20H33BrN4O2. The summed E-state index contributed by atoms with van der Waals surface area (Å²) in [4.78, 5) is 7.06. The van der Waals surface area contributed by atoms with Gasteiger partial charge >= 0.3 is 0 Å². The Morgan fingerprint density at radius 3 is 2.78 bits per heavy atom. The Morgan fingerprint density at radius 2 is 2.07 bits per heavy atom. The fourth-order valence-corrected chi connectivity index (χ4v) is 3.39. The number of hydrogen-bond acceptors (Lipinski definition) is 4. The summed E-state index contributed by atoms with van der Waals surface area (Å²) < 4.78 is 6.91. The minimum absolute atomic E-state index is 0.0149. The molecule has 0 aliphatic carbocycles. The molecule has 0 radical (unpaired) electrons. The van der Waals surface area contributed by atoms with Gasteiger partial charge in [-0.05, 0) is 67.7 Å². The first-order chi connectivity index (χ1) is 13.1. The highest BCUT2D eigenvalue weighted by atomic mass is 79.9. The molecule has 1 aromatic carbocycles. The topological polar surface area (TPSA) is 69.1 Å². The molecule has 1 saturated heterocycles. The van der Waals surface area contributed by atoms with Crippen molar-refractivity contribution in [2.24, 2.45) is 4.99 Å². The van der Waals surface area contributed by atoms with Gasteiger partial charge < -0.3 is 25.4 Å². The van der Waals surface area contributed by atoms with E-state index in [2.05, 4.69) is 43.4 Å². The Morgan fingerprint density at radius 1 is 1.33 bits per heavy atom. The molecule has 3 N–H and O–H groups in total. The van der Waals surface area contributed by atoms with Crippen molar-refractivity contribution < 1.29 is 9.84 Å². The van der Waals surface area contributed by atoms with Crippen molar-refractivity contribution >= 4 is 21.9 Å². The summed E-state index contributed by atoms with van der Waals surface area (Å²) in [6.07, 6.45) is 2.73. The number of benzene rings is 1. The molecule has 2 rings (SSSR count). The smallest absolute Gasteiger partial charge is 0.191 e. The number of halogens is 1. The van der Waals surface area contributed by atoms with E-state index in [4.69, 9.17) is 4.74 Å². The van der Waals surface area contributed by atoms with Gasteiger partial charge in [0.05, 0.1) is 17.1 Å². The molecule has 0 bridgehead atoms. The van der Waals surface area contributed by atoms with E-state index in [-0.39, 0.29) is 12.2 Å². The minimum atomic E-state index is -0.104. The van der Waals surface area contributed by atoms with Gasteiger partial charge in [0.2, 0.25) is 0 Å². The number of likely N-dealkylation sites (tertiary alicyclic amines) is 1. The van der Waals surface area contributed by atoms with Crippen LogP contribution in [0.4, 0.5) is 0 Å². The van der Waals surface area contributed by atoms with Crippen LogP contribution in [-0.4, -0.2) is 67.4 Å². The maximum atomic E-state index is 9.57. The molecule has 1 unspecified atom stereocenters. The number of para-hydroxylation sites is 1. The lowest BCUT2D eigenvalue weighted by molar-refractivity contribution is 0.0823. The van der Waals surface area contributed by atoms with E-state index in [0.717, 1.165) is 68.2 Å². The number of piperidine rings is 1. The zero-order chi connectivity index (χ0) is 19.5. The van der Waals surface area contributed by atoms with Gasteiger partial charge in [0.25, 0.3) is 0 Å². The molecular weight excluding hydrogens is 408 g/mol. The molecule has 1 fully saturated rings. The van der Waals surface area contributed by atoms with Crippen LogP contribution in [0.1, 0.15) is 33.1 Å². The number of rotatable bonds is 9. The van der Waals surface area contributed by atoms with Crippen molar-refractivity contribution in [1.82, 2.24) is 15.5 Å². The third-order valence-electron chi connectivity index (χ3n) is 4.52. The largest absolute Gasteiger partial charge is 0.488 e. The van der Waals surface area contributed by atoms with Gasteiger partial charge in [-0.15, -0.1) is 0 Å². The third-order valence-corrected chi connectivity index (χ3v) is 5.17. The second-order valence-corrected chi connectivity index (χ2v) is 7.79. The minimum Gasteiger partial charge on any atom is -0.488 e. The van der Waals surface area contributed by atoms with E-state index in [1.165, 1.54) is 0 Å². The number of aliphatic hydroxyl groups excluding tert-OH is 1. The average Bonchev–Trinajstić information content (AvgIpc) is 2.66. The molecule has 152 valence electrons. The Balaban J connectivity index is 1.70. The monoisotopic (exact) mass is 440 g/mol. The van der Waals surface area contributed by atoms with Crippen molar-refractivity contribution in [3.63, 3.8) is 0 Å². The lowest BCUT2D eigenvalue weighted by atomic mass is 10.1. The standard InChI is InChI=1S/C20H33BrN4O2/c1-3-22-20(23-11-6-12-25-13-9-17(26)10-14-25)24-15-16(2)27-19-8-5-4-7-18(19)21/h4-5,7-8,16-17,26H,3,6,9-15H2,1-2H3,(H2,22,23,24). The Kier molecular flexibility index (Phi) is 9.94. The predicted molar refractivity (Wildman–Crippen MR) is 115 cm³/mol. The lowest BCUT2D eigenvalue weighted by Gasteiger charge is -2.29. The van der Waals surface area contributed by atoms with Gasteiger partial charge in [0.15, 0.2) is 5.96 Å². The molecule has 1 heterocycles. The predicted octanol–water partition coefficient (Wildman–Crippen LogP) is 2.62. The Bertz CT molecular complexity index is 577. The van der Waals surface area contributed by atoms with E-state index in [0.29, 0.717) is 6.54 Å². The first-order valence-electron chi connectivity index (χ1n) is 9.92. The Hall–Kier alpha value is -1.31. The normalized spacial score (nSPS) is 17.6. The fraction of sp³-hybridized carbons (Fsp3) is 0.650. The van der Waals surface area contributed by atoms with Crippen LogP contribution >= 0.6 is 15.9 Å². The van der Waals surface area contributed by atoms with E-state index >= 15 is 0 Å². The van der Waals surface area contributed by atoms with Crippen LogP contribution in [0.2, 0.25) is 0 Å². The van der Waals surface area contributed by atoms with Crippen LogP contribution in [0, 0.1) is 0 Å². The summed E-state index contributed by atoms with van der Waals surface area (Å²) in [7, 11) is 0. The zero-order valence-electron chi connectivity index (χ0n) is 16.5.